The molecule has 0 aliphatic rings. The number of halogens is 1. The van der Waals surface area contributed by atoms with Crippen molar-refractivity contribution in [2.75, 3.05) is 5.32 Å². The molecule has 0 atom stereocenters. The normalized spacial score (nSPS) is 10.6. The number of hydrogen-bond acceptors (Lipinski definition) is 3. The number of rotatable bonds is 3. The molecule has 1 aromatic carbocycles. The fourth-order valence-electron chi connectivity index (χ4n) is 2.30. The van der Waals surface area contributed by atoms with Gasteiger partial charge < -0.3 is 10.6 Å². The van der Waals surface area contributed by atoms with E-state index in [-0.39, 0.29) is 11.2 Å². The molecule has 2 aromatic heterocycles. The van der Waals surface area contributed by atoms with Crippen LogP contribution in [0.3, 0.4) is 0 Å². The van der Waals surface area contributed by atoms with E-state index in [0.717, 1.165) is 5.56 Å². The number of nitrogens with one attached hydrogen (secondary N) is 2. The van der Waals surface area contributed by atoms with Gasteiger partial charge in [-0.3, -0.25) is 9.20 Å². The van der Waals surface area contributed by atoms with Crippen LogP contribution in [0.5, 0.6) is 0 Å². The van der Waals surface area contributed by atoms with Crippen LogP contribution in [0.15, 0.2) is 53.5 Å². The number of anilines is 1. The quantitative estimate of drug-likeness (QED) is 0.768. The maximum absolute atomic E-state index is 12.5. The number of benzene rings is 1. The molecular weight excluding hydrogens is 328 g/mol. The monoisotopic (exact) mass is 342 g/mol. The van der Waals surface area contributed by atoms with Gasteiger partial charge in [0.15, 0.2) is 0 Å². The summed E-state index contributed by atoms with van der Waals surface area (Å²) >= 11 is 5.92. The summed E-state index contributed by atoms with van der Waals surface area (Å²) in [6.45, 7) is 2.03. The average molecular weight is 343 g/mol. The van der Waals surface area contributed by atoms with Gasteiger partial charge in [-0.1, -0.05) is 41.9 Å². The molecule has 2 N–H and O–H groups in total. The minimum atomic E-state index is -0.470. The summed E-state index contributed by atoms with van der Waals surface area (Å²) in [5, 5.41) is 5.69. The molecule has 0 aliphatic carbocycles. The van der Waals surface area contributed by atoms with E-state index in [0.29, 0.717) is 22.9 Å². The smallest absolute Gasteiger partial charge is 0.319 e. The molecule has 0 radical (unpaired) electrons. The van der Waals surface area contributed by atoms with Crippen molar-refractivity contribution in [2.24, 2.45) is 0 Å². The fraction of sp³-hybridized carbons (Fsp3) is 0.118. The van der Waals surface area contributed by atoms with Crippen LogP contribution in [-0.4, -0.2) is 15.4 Å². The van der Waals surface area contributed by atoms with Crippen LogP contribution in [0, 0.1) is 6.92 Å². The van der Waals surface area contributed by atoms with E-state index < -0.39 is 6.03 Å². The predicted octanol–water partition coefficient (Wildman–Crippen LogP) is 2.98. The lowest BCUT2D eigenvalue weighted by Crippen LogP contribution is -2.32. The largest absolute Gasteiger partial charge is 0.334 e. The zero-order chi connectivity index (χ0) is 17.1. The Morgan fingerprint density at radius 2 is 1.96 bits per heavy atom. The second kappa shape index (κ2) is 6.72. The van der Waals surface area contributed by atoms with Gasteiger partial charge in [0.1, 0.15) is 11.3 Å². The Morgan fingerprint density at radius 1 is 1.21 bits per heavy atom. The Labute approximate surface area is 143 Å². The first-order valence-corrected chi connectivity index (χ1v) is 7.69. The molecule has 6 nitrogen and oxygen atoms in total. The summed E-state index contributed by atoms with van der Waals surface area (Å²) < 4.78 is 1.31. The van der Waals surface area contributed by atoms with E-state index in [1.807, 2.05) is 30.3 Å². The number of pyridine rings is 1. The maximum Gasteiger partial charge on any atom is 0.319 e. The van der Waals surface area contributed by atoms with Crippen LogP contribution in [-0.2, 0) is 6.54 Å². The number of carbonyl (C=O) groups excluding carboxylic acids is 1. The summed E-state index contributed by atoms with van der Waals surface area (Å²) in [4.78, 5) is 28.9. The van der Waals surface area contributed by atoms with Gasteiger partial charge in [-0.15, -0.1) is 0 Å². The highest BCUT2D eigenvalue weighted by atomic mass is 35.5. The van der Waals surface area contributed by atoms with Gasteiger partial charge in [-0.2, -0.15) is 0 Å². The highest BCUT2D eigenvalue weighted by molar-refractivity contribution is 6.30. The summed E-state index contributed by atoms with van der Waals surface area (Å²) in [5.74, 6) is 0. The van der Waals surface area contributed by atoms with Crippen molar-refractivity contribution in [2.45, 2.75) is 13.5 Å². The predicted molar refractivity (Wildman–Crippen MR) is 93.5 cm³/mol. The number of fused-ring (bicyclic) bond motifs is 1. The molecule has 0 bridgehead atoms. The number of carbonyl (C=O) groups is 1. The fourth-order valence-corrected chi connectivity index (χ4v) is 2.46. The molecule has 3 rings (SSSR count). The lowest BCUT2D eigenvalue weighted by Gasteiger charge is -2.11. The third kappa shape index (κ3) is 3.38. The minimum absolute atomic E-state index is 0.125. The zero-order valence-electron chi connectivity index (χ0n) is 12.9. The van der Waals surface area contributed by atoms with Gasteiger partial charge in [0, 0.05) is 12.7 Å². The van der Waals surface area contributed by atoms with Gasteiger partial charge in [0.2, 0.25) is 0 Å². The van der Waals surface area contributed by atoms with E-state index in [1.54, 1.807) is 19.1 Å². The van der Waals surface area contributed by atoms with Crippen molar-refractivity contribution in [1.82, 2.24) is 14.7 Å². The van der Waals surface area contributed by atoms with E-state index in [4.69, 9.17) is 11.6 Å². The van der Waals surface area contributed by atoms with Gasteiger partial charge in [0.25, 0.3) is 5.56 Å². The molecule has 7 heteroatoms. The van der Waals surface area contributed by atoms with E-state index in [9.17, 15) is 9.59 Å². The van der Waals surface area contributed by atoms with Crippen LogP contribution in [0.2, 0.25) is 5.02 Å². The average Bonchev–Trinajstić information content (AvgIpc) is 2.58. The van der Waals surface area contributed by atoms with Gasteiger partial charge in [-0.05, 0) is 24.6 Å². The highest BCUT2D eigenvalue weighted by Gasteiger charge is 2.12. The summed E-state index contributed by atoms with van der Waals surface area (Å²) in [6, 6.07) is 12.3. The Morgan fingerprint density at radius 3 is 2.71 bits per heavy atom. The van der Waals surface area contributed by atoms with Crippen molar-refractivity contribution < 1.29 is 4.79 Å². The van der Waals surface area contributed by atoms with Crippen LogP contribution in [0.4, 0.5) is 10.5 Å². The molecule has 2 amide bonds. The minimum Gasteiger partial charge on any atom is -0.334 e. The summed E-state index contributed by atoms with van der Waals surface area (Å²) in [7, 11) is 0. The number of nitrogens with zero attached hydrogens (tertiary/aromatic N) is 2. The number of urea groups is 1. The number of amides is 2. The topological polar surface area (TPSA) is 75.5 Å². The van der Waals surface area contributed by atoms with Crippen LogP contribution >= 0.6 is 11.6 Å². The van der Waals surface area contributed by atoms with E-state index >= 15 is 0 Å². The SMILES string of the molecule is Cc1nc2ccc(Cl)cn2c(=O)c1NC(=O)NCc1ccccc1. The summed E-state index contributed by atoms with van der Waals surface area (Å²) in [5.41, 5.74) is 1.62. The maximum atomic E-state index is 12.5. The van der Waals surface area contributed by atoms with Gasteiger partial charge in [0.05, 0.1) is 10.7 Å². The van der Waals surface area contributed by atoms with Crippen molar-refractivity contribution in [3.8, 4) is 0 Å². The zero-order valence-corrected chi connectivity index (χ0v) is 13.7. The molecule has 24 heavy (non-hydrogen) atoms. The Bertz CT molecular complexity index is 954. The molecule has 122 valence electrons. The van der Waals surface area contributed by atoms with E-state index in [2.05, 4.69) is 15.6 Å². The standard InChI is InChI=1S/C17H15ClN4O2/c1-11-15(16(23)22-10-13(18)7-8-14(22)20-11)21-17(24)19-9-12-5-3-2-4-6-12/h2-8,10H,9H2,1H3,(H2,19,21,24). The number of aryl methyl sites for hydroxylation is 1. The Hall–Kier alpha value is -2.86. The molecule has 3 aromatic rings. The molecule has 0 fully saturated rings. The van der Waals surface area contributed by atoms with Crippen molar-refractivity contribution in [3.05, 3.63) is 75.3 Å². The number of hydrogen-bond donors (Lipinski definition) is 2. The van der Waals surface area contributed by atoms with Gasteiger partial charge >= 0.3 is 6.03 Å². The van der Waals surface area contributed by atoms with Crippen LogP contribution < -0.4 is 16.2 Å². The molecular formula is C17H15ClN4O2. The Balaban J connectivity index is 1.81. The van der Waals surface area contributed by atoms with Crippen molar-refractivity contribution in [1.29, 1.82) is 0 Å². The van der Waals surface area contributed by atoms with Crippen molar-refractivity contribution in [3.63, 3.8) is 0 Å². The molecule has 0 aliphatic heterocycles. The first-order valence-electron chi connectivity index (χ1n) is 7.32. The first-order chi connectivity index (χ1) is 11.5. The highest BCUT2D eigenvalue weighted by Crippen LogP contribution is 2.12. The van der Waals surface area contributed by atoms with Gasteiger partial charge in [-0.25, -0.2) is 9.78 Å². The van der Waals surface area contributed by atoms with E-state index in [1.165, 1.54) is 10.6 Å². The molecule has 0 saturated carbocycles. The molecule has 0 unspecified atom stereocenters. The second-order valence-electron chi connectivity index (χ2n) is 5.25. The lowest BCUT2D eigenvalue weighted by atomic mass is 10.2. The number of aromatic nitrogens is 2. The van der Waals surface area contributed by atoms with Crippen LogP contribution in [0.25, 0.3) is 5.65 Å². The van der Waals surface area contributed by atoms with Crippen molar-refractivity contribution >= 4 is 29.0 Å². The van der Waals surface area contributed by atoms with Crippen LogP contribution in [0.1, 0.15) is 11.3 Å². The second-order valence-corrected chi connectivity index (χ2v) is 5.68. The summed E-state index contributed by atoms with van der Waals surface area (Å²) in [6.07, 6.45) is 1.47. The lowest BCUT2D eigenvalue weighted by molar-refractivity contribution is 0.251. The molecule has 0 saturated heterocycles. The first kappa shape index (κ1) is 16.0. The third-order valence-corrected chi connectivity index (χ3v) is 3.73. The molecule has 2 heterocycles. The third-order valence-electron chi connectivity index (χ3n) is 3.50. The molecule has 0 spiro atoms. The Kier molecular flexibility index (Phi) is 4.48.